The van der Waals surface area contributed by atoms with Crippen LogP contribution in [0, 0.1) is 0 Å². The molecule has 7 nitrogen and oxygen atoms in total. The quantitative estimate of drug-likeness (QED) is 0.418. The molecule has 1 fully saturated rings. The van der Waals surface area contributed by atoms with Crippen LogP contribution in [-0.4, -0.2) is 60.2 Å². The first-order chi connectivity index (χ1) is 17.2. The van der Waals surface area contributed by atoms with Crippen molar-refractivity contribution in [3.63, 3.8) is 0 Å². The van der Waals surface area contributed by atoms with Crippen molar-refractivity contribution in [1.29, 1.82) is 0 Å². The summed E-state index contributed by atoms with van der Waals surface area (Å²) in [7, 11) is 0. The van der Waals surface area contributed by atoms with Crippen LogP contribution in [0.3, 0.4) is 0 Å². The van der Waals surface area contributed by atoms with Crippen molar-refractivity contribution >= 4 is 34.2 Å². The number of carbonyl (C=O) groups excluding carboxylic acids is 1. The fraction of sp³-hybridized carbons (Fsp3) is 0.222. The van der Waals surface area contributed by atoms with E-state index >= 15 is 0 Å². The molecule has 6 rings (SSSR count). The fourth-order valence-corrected chi connectivity index (χ4v) is 4.68. The molecule has 0 aliphatic carbocycles. The Hall–Kier alpha value is -3.84. The van der Waals surface area contributed by atoms with Gasteiger partial charge in [0.05, 0.1) is 21.8 Å². The Bertz CT molecular complexity index is 1400. The third-order valence-corrected chi connectivity index (χ3v) is 6.61. The van der Waals surface area contributed by atoms with Crippen LogP contribution in [0.5, 0.6) is 11.5 Å². The van der Waals surface area contributed by atoms with Gasteiger partial charge in [0.1, 0.15) is 19.0 Å². The molecule has 2 aromatic heterocycles. The molecule has 0 radical (unpaired) electrons. The fourth-order valence-electron chi connectivity index (χ4n) is 4.57. The summed E-state index contributed by atoms with van der Waals surface area (Å²) in [6.07, 6.45) is 1.65. The van der Waals surface area contributed by atoms with E-state index in [1.54, 1.807) is 6.20 Å². The average Bonchev–Trinajstić information content (AvgIpc) is 2.92. The predicted octanol–water partition coefficient (Wildman–Crippen LogP) is 4.68. The molecule has 4 heterocycles. The van der Waals surface area contributed by atoms with Crippen LogP contribution in [0.4, 0.5) is 5.82 Å². The number of hydrogen-bond donors (Lipinski definition) is 0. The zero-order valence-corrected chi connectivity index (χ0v) is 19.7. The van der Waals surface area contributed by atoms with Gasteiger partial charge >= 0.3 is 0 Å². The number of carbonyl (C=O) groups is 1. The largest absolute Gasteiger partial charge is 0.486 e. The summed E-state index contributed by atoms with van der Waals surface area (Å²) in [4.78, 5) is 27.1. The van der Waals surface area contributed by atoms with Crippen LogP contribution in [-0.2, 0) is 0 Å². The lowest BCUT2D eigenvalue weighted by Crippen LogP contribution is -2.49. The number of nitrogens with zero attached hydrogens (tertiary/aromatic N) is 4. The van der Waals surface area contributed by atoms with Crippen LogP contribution in [0.25, 0.3) is 22.2 Å². The second-order valence-electron chi connectivity index (χ2n) is 8.54. The first-order valence-electron chi connectivity index (χ1n) is 11.6. The Morgan fingerprint density at radius 1 is 0.886 bits per heavy atom. The molecule has 0 unspecified atom stereocenters. The standard InChI is InChI=1S/C27H23ClN4O3/c28-19-6-8-26(29-17-19)31-9-11-32(12-10-31)27(33)21-16-23(30-22-4-2-1-3-20(21)22)18-5-7-24-25(15-18)35-14-13-34-24/h1-8,15-17H,9-14H2. The third kappa shape index (κ3) is 4.23. The SMILES string of the molecule is O=C(c1cc(-c2ccc3c(c2)OCCO3)nc2ccccc12)N1CCN(c2ccc(Cl)cn2)CC1. The highest BCUT2D eigenvalue weighted by atomic mass is 35.5. The molecular formula is C27H23ClN4O3. The van der Waals surface area contributed by atoms with Gasteiger partial charge in [-0.15, -0.1) is 0 Å². The summed E-state index contributed by atoms with van der Waals surface area (Å²) < 4.78 is 11.4. The number of para-hydroxylation sites is 1. The molecule has 0 atom stereocenters. The molecule has 4 aromatic rings. The van der Waals surface area contributed by atoms with Crippen LogP contribution in [0.2, 0.25) is 5.02 Å². The van der Waals surface area contributed by atoms with Gasteiger partial charge in [-0.1, -0.05) is 29.8 Å². The molecule has 8 heteroatoms. The van der Waals surface area contributed by atoms with Gasteiger partial charge in [0.15, 0.2) is 11.5 Å². The smallest absolute Gasteiger partial charge is 0.254 e. The second kappa shape index (κ2) is 9.07. The number of amides is 1. The normalized spacial score (nSPS) is 15.3. The number of benzene rings is 2. The lowest BCUT2D eigenvalue weighted by atomic mass is 10.0. The molecule has 2 aliphatic rings. The van der Waals surface area contributed by atoms with Crippen molar-refractivity contribution in [3.05, 3.63) is 77.4 Å². The van der Waals surface area contributed by atoms with Gasteiger partial charge in [-0.25, -0.2) is 9.97 Å². The molecule has 2 aromatic carbocycles. The Balaban J connectivity index is 1.30. The molecule has 1 amide bonds. The first kappa shape index (κ1) is 21.7. The first-order valence-corrected chi connectivity index (χ1v) is 12.0. The van der Waals surface area contributed by atoms with E-state index in [9.17, 15) is 4.79 Å². The van der Waals surface area contributed by atoms with Crippen LogP contribution >= 0.6 is 11.6 Å². The van der Waals surface area contributed by atoms with Crippen molar-refractivity contribution in [2.75, 3.05) is 44.3 Å². The Morgan fingerprint density at radius 2 is 1.69 bits per heavy atom. The summed E-state index contributed by atoms with van der Waals surface area (Å²) in [5.74, 6) is 2.30. The van der Waals surface area contributed by atoms with Gasteiger partial charge in [-0.2, -0.15) is 0 Å². The van der Waals surface area contributed by atoms with Gasteiger partial charge < -0.3 is 19.3 Å². The summed E-state index contributed by atoms with van der Waals surface area (Å²) in [5, 5.41) is 1.46. The zero-order chi connectivity index (χ0) is 23.8. The van der Waals surface area contributed by atoms with Gasteiger partial charge in [0.2, 0.25) is 0 Å². The topological polar surface area (TPSA) is 67.8 Å². The number of aromatic nitrogens is 2. The van der Waals surface area contributed by atoms with E-state index in [1.165, 1.54) is 0 Å². The summed E-state index contributed by atoms with van der Waals surface area (Å²) in [6.45, 7) is 3.69. The highest BCUT2D eigenvalue weighted by Gasteiger charge is 2.25. The second-order valence-corrected chi connectivity index (χ2v) is 8.98. The molecule has 176 valence electrons. The number of halogens is 1. The van der Waals surface area contributed by atoms with Gasteiger partial charge in [0, 0.05) is 43.3 Å². The lowest BCUT2D eigenvalue weighted by molar-refractivity contribution is 0.0748. The lowest BCUT2D eigenvalue weighted by Gasteiger charge is -2.35. The van der Waals surface area contributed by atoms with Crippen molar-refractivity contribution < 1.29 is 14.3 Å². The molecular weight excluding hydrogens is 464 g/mol. The number of anilines is 1. The number of piperazine rings is 1. The predicted molar refractivity (Wildman–Crippen MR) is 136 cm³/mol. The highest BCUT2D eigenvalue weighted by molar-refractivity contribution is 6.30. The Labute approximate surface area is 207 Å². The summed E-state index contributed by atoms with van der Waals surface area (Å²) in [6, 6.07) is 19.2. The molecule has 0 spiro atoms. The van der Waals surface area contributed by atoms with Crippen molar-refractivity contribution in [2.45, 2.75) is 0 Å². The van der Waals surface area contributed by atoms with Crippen LogP contribution in [0.15, 0.2) is 66.9 Å². The van der Waals surface area contributed by atoms with Crippen LogP contribution < -0.4 is 14.4 Å². The maximum Gasteiger partial charge on any atom is 0.254 e. The zero-order valence-electron chi connectivity index (χ0n) is 19.0. The van der Waals surface area contributed by atoms with E-state index in [1.807, 2.05) is 65.6 Å². The molecule has 0 N–H and O–H groups in total. The Morgan fingerprint density at radius 3 is 2.49 bits per heavy atom. The molecule has 1 saturated heterocycles. The van der Waals surface area contributed by atoms with Gasteiger partial charge in [0.25, 0.3) is 5.91 Å². The minimum absolute atomic E-state index is 0.00566. The number of ether oxygens (including phenoxy) is 2. The molecule has 2 aliphatic heterocycles. The number of hydrogen-bond acceptors (Lipinski definition) is 6. The monoisotopic (exact) mass is 486 g/mol. The van der Waals surface area contributed by atoms with E-state index in [2.05, 4.69) is 9.88 Å². The maximum absolute atomic E-state index is 13.7. The van der Waals surface area contributed by atoms with Crippen molar-refractivity contribution in [2.24, 2.45) is 0 Å². The molecule has 0 saturated carbocycles. The molecule has 35 heavy (non-hydrogen) atoms. The van der Waals surface area contributed by atoms with E-state index in [4.69, 9.17) is 26.1 Å². The van der Waals surface area contributed by atoms with Gasteiger partial charge in [-0.05, 0) is 42.5 Å². The van der Waals surface area contributed by atoms with E-state index in [-0.39, 0.29) is 5.91 Å². The summed E-state index contributed by atoms with van der Waals surface area (Å²) >= 11 is 5.97. The minimum Gasteiger partial charge on any atom is -0.486 e. The summed E-state index contributed by atoms with van der Waals surface area (Å²) in [5.41, 5.74) is 3.05. The average molecular weight is 487 g/mol. The van der Waals surface area contributed by atoms with Crippen molar-refractivity contribution in [3.8, 4) is 22.8 Å². The van der Waals surface area contributed by atoms with Crippen molar-refractivity contribution in [1.82, 2.24) is 14.9 Å². The van der Waals surface area contributed by atoms with Gasteiger partial charge in [-0.3, -0.25) is 4.79 Å². The Kier molecular flexibility index (Phi) is 5.62. The number of pyridine rings is 2. The van der Waals surface area contributed by atoms with E-state index in [0.717, 1.165) is 33.7 Å². The van der Waals surface area contributed by atoms with E-state index < -0.39 is 0 Å². The third-order valence-electron chi connectivity index (χ3n) is 6.39. The van der Waals surface area contributed by atoms with E-state index in [0.29, 0.717) is 55.7 Å². The molecule has 0 bridgehead atoms. The number of fused-ring (bicyclic) bond motifs is 2. The maximum atomic E-state index is 13.7. The van der Waals surface area contributed by atoms with Crippen LogP contribution in [0.1, 0.15) is 10.4 Å². The minimum atomic E-state index is 0.00566. The number of rotatable bonds is 3. The highest BCUT2D eigenvalue weighted by Crippen LogP contribution is 2.35.